The van der Waals surface area contributed by atoms with Crippen molar-refractivity contribution in [2.45, 2.75) is 66.5 Å². The maximum absolute atomic E-state index is 13.4. The highest BCUT2D eigenvalue weighted by atomic mass is 19.4. The Bertz CT molecular complexity index is 704. The van der Waals surface area contributed by atoms with Crippen LogP contribution in [0.5, 0.6) is 0 Å². The van der Waals surface area contributed by atoms with E-state index in [9.17, 15) is 79.4 Å². The molecule has 0 saturated heterocycles. The maximum Gasteiger partial charge on any atom is 0.460 e. The minimum atomic E-state index is -8.70. The van der Waals surface area contributed by atoms with Gasteiger partial charge in [-0.05, 0) is 12.8 Å². The largest absolute Gasteiger partial charge is 0.460 e. The van der Waals surface area contributed by atoms with Crippen LogP contribution in [0.25, 0.3) is 0 Å². The van der Waals surface area contributed by atoms with Gasteiger partial charge in [-0.25, -0.2) is 0 Å². The molecule has 0 aliphatic heterocycles. The quantitative estimate of drug-likeness (QED) is 0.450. The summed E-state index contributed by atoms with van der Waals surface area (Å²) in [7, 11) is 0. The molecule has 0 aromatic heterocycles. The second-order valence-electron chi connectivity index (χ2n) is 6.27. The van der Waals surface area contributed by atoms with Gasteiger partial charge in [0, 0.05) is 6.04 Å². The van der Waals surface area contributed by atoms with Gasteiger partial charge in [-0.15, -0.1) is 0 Å². The van der Waals surface area contributed by atoms with E-state index < -0.39 is 59.6 Å². The van der Waals surface area contributed by atoms with Gasteiger partial charge in [0.05, 0.1) is 0 Å². The first-order chi connectivity index (χ1) is 13.2. The minimum Gasteiger partial charge on any atom is -0.348 e. The van der Waals surface area contributed by atoms with Crippen molar-refractivity contribution in [1.82, 2.24) is 5.32 Å². The number of carbonyl (C=O) groups is 1. The van der Waals surface area contributed by atoms with Gasteiger partial charge in [0.2, 0.25) is 0 Å². The van der Waals surface area contributed by atoms with Crippen LogP contribution in [0.15, 0.2) is 0 Å². The molecular formula is C12H6F17NO. The molecule has 1 N–H and O–H groups in total. The number of carbonyl (C=O) groups excluding carboxylic acids is 1. The monoisotopic (exact) mass is 503 g/mol. The highest BCUT2D eigenvalue weighted by Gasteiger charge is 2.95. The SMILES string of the molecule is O=C(NC1CC1)C(F)(F)C(F)(F)C(F)(F)C(F)(F)C(F)(F)C(F)(F)C(F)(F)C(F)(F)F. The Morgan fingerprint density at radius 3 is 1.10 bits per heavy atom. The van der Waals surface area contributed by atoms with Crippen LogP contribution in [-0.2, 0) is 4.79 Å². The Balaban J connectivity index is 3.55. The summed E-state index contributed by atoms with van der Waals surface area (Å²) in [6.45, 7) is 0. The van der Waals surface area contributed by atoms with E-state index in [4.69, 9.17) is 0 Å². The van der Waals surface area contributed by atoms with Gasteiger partial charge in [-0.1, -0.05) is 0 Å². The van der Waals surface area contributed by atoms with Crippen molar-refractivity contribution < 1.29 is 79.4 Å². The molecule has 0 bridgehead atoms. The average Bonchev–Trinajstić information content (AvgIpc) is 3.36. The van der Waals surface area contributed by atoms with Crippen LogP contribution in [0.2, 0.25) is 0 Å². The lowest BCUT2D eigenvalue weighted by Gasteiger charge is -2.42. The van der Waals surface area contributed by atoms with Crippen molar-refractivity contribution in [3.63, 3.8) is 0 Å². The van der Waals surface area contributed by atoms with Gasteiger partial charge in [0.1, 0.15) is 0 Å². The van der Waals surface area contributed by atoms with E-state index in [0.29, 0.717) is 0 Å². The van der Waals surface area contributed by atoms with E-state index >= 15 is 0 Å². The molecule has 0 aromatic carbocycles. The Labute approximate surface area is 158 Å². The van der Waals surface area contributed by atoms with Crippen LogP contribution < -0.4 is 5.32 Å². The molecule has 31 heavy (non-hydrogen) atoms. The summed E-state index contributed by atoms with van der Waals surface area (Å²) in [5.41, 5.74) is 0. The van der Waals surface area contributed by atoms with Gasteiger partial charge in [-0.3, -0.25) is 4.79 Å². The fourth-order valence-corrected chi connectivity index (χ4v) is 1.81. The molecule has 1 amide bonds. The smallest absolute Gasteiger partial charge is 0.348 e. The predicted molar refractivity (Wildman–Crippen MR) is 61.8 cm³/mol. The zero-order valence-corrected chi connectivity index (χ0v) is 13.8. The molecule has 19 heteroatoms. The Morgan fingerprint density at radius 1 is 0.516 bits per heavy atom. The summed E-state index contributed by atoms with van der Waals surface area (Å²) >= 11 is 0. The van der Waals surface area contributed by atoms with E-state index in [1.54, 1.807) is 0 Å². The zero-order valence-electron chi connectivity index (χ0n) is 13.8. The molecule has 1 aliphatic carbocycles. The normalized spacial score (nSPS) is 18.2. The Kier molecular flexibility index (Phi) is 6.07. The van der Waals surface area contributed by atoms with E-state index in [1.807, 2.05) is 0 Å². The van der Waals surface area contributed by atoms with Crippen molar-refractivity contribution in [2.24, 2.45) is 0 Å². The summed E-state index contributed by atoms with van der Waals surface area (Å²) in [6.07, 6.45) is -8.20. The first kappa shape index (κ1) is 27.3. The highest BCUT2D eigenvalue weighted by molar-refractivity contribution is 5.85. The fourth-order valence-electron chi connectivity index (χ4n) is 1.81. The van der Waals surface area contributed by atoms with Crippen LogP contribution in [0.4, 0.5) is 74.6 Å². The van der Waals surface area contributed by atoms with Crippen LogP contribution >= 0.6 is 0 Å². The summed E-state index contributed by atoms with van der Waals surface area (Å²) in [6, 6.07) is -1.35. The van der Waals surface area contributed by atoms with Crippen molar-refractivity contribution in [3.8, 4) is 0 Å². The number of hydrogen-bond donors (Lipinski definition) is 1. The van der Waals surface area contributed by atoms with Crippen LogP contribution in [0.1, 0.15) is 12.8 Å². The van der Waals surface area contributed by atoms with E-state index in [2.05, 4.69) is 0 Å². The molecule has 0 radical (unpaired) electrons. The van der Waals surface area contributed by atoms with E-state index in [0.717, 1.165) is 5.32 Å². The second-order valence-corrected chi connectivity index (χ2v) is 6.27. The Morgan fingerprint density at radius 2 is 0.806 bits per heavy atom. The molecule has 184 valence electrons. The standard InChI is InChI=1S/C12H6F17NO/c13-5(14,4(31)30-3-1-2-3)6(15,16)7(17,18)8(19,20)9(21,22)10(23,24)11(25,26)12(27,28)29/h3H,1-2H2,(H,30,31). The first-order valence-electron chi connectivity index (χ1n) is 7.27. The van der Waals surface area contributed by atoms with Crippen molar-refractivity contribution in [1.29, 1.82) is 0 Å². The molecule has 0 heterocycles. The lowest BCUT2D eigenvalue weighted by molar-refractivity contribution is -0.459. The number of halogens is 17. The average molecular weight is 503 g/mol. The number of hydrogen-bond acceptors (Lipinski definition) is 1. The Hall–Kier alpha value is -1.72. The first-order valence-corrected chi connectivity index (χ1v) is 7.27. The molecule has 1 rings (SSSR count). The summed E-state index contributed by atoms with van der Waals surface area (Å²) < 4.78 is 220. The van der Waals surface area contributed by atoms with Crippen molar-refractivity contribution in [3.05, 3.63) is 0 Å². The van der Waals surface area contributed by atoms with Crippen LogP contribution in [0.3, 0.4) is 0 Å². The third-order valence-electron chi connectivity index (χ3n) is 3.92. The molecule has 1 fully saturated rings. The van der Waals surface area contributed by atoms with E-state index in [1.165, 1.54) is 0 Å². The molecule has 2 nitrogen and oxygen atoms in total. The fraction of sp³-hybridized carbons (Fsp3) is 0.917. The summed E-state index contributed by atoms with van der Waals surface area (Å²) in [5, 5.41) is 0.885. The van der Waals surface area contributed by atoms with Gasteiger partial charge in [0.25, 0.3) is 5.91 Å². The summed E-state index contributed by atoms with van der Waals surface area (Å²) in [4.78, 5) is 10.9. The van der Waals surface area contributed by atoms with Gasteiger partial charge in [0.15, 0.2) is 0 Å². The van der Waals surface area contributed by atoms with Crippen LogP contribution in [0, 0.1) is 0 Å². The third-order valence-corrected chi connectivity index (χ3v) is 3.92. The topological polar surface area (TPSA) is 29.1 Å². The highest BCUT2D eigenvalue weighted by Crippen LogP contribution is 2.63. The predicted octanol–water partition coefficient (Wildman–Crippen LogP) is 5.27. The number of amides is 1. The molecule has 0 aromatic rings. The summed E-state index contributed by atoms with van der Waals surface area (Å²) in [5.74, 6) is -61.1. The van der Waals surface area contributed by atoms with Gasteiger partial charge >= 0.3 is 47.6 Å². The van der Waals surface area contributed by atoms with Crippen molar-refractivity contribution in [2.75, 3.05) is 0 Å². The number of rotatable bonds is 8. The molecule has 1 saturated carbocycles. The maximum atomic E-state index is 13.4. The number of nitrogens with one attached hydrogen (secondary N) is 1. The van der Waals surface area contributed by atoms with Crippen molar-refractivity contribution >= 4 is 5.91 Å². The lowest BCUT2D eigenvalue weighted by atomic mass is 9.89. The molecule has 1 aliphatic rings. The zero-order chi connectivity index (χ0) is 25.3. The third kappa shape index (κ3) is 3.54. The molecule has 0 unspecified atom stereocenters. The lowest BCUT2D eigenvalue weighted by Crippen LogP contribution is -2.75. The molecule has 0 atom stereocenters. The molecule has 0 spiro atoms. The van der Waals surface area contributed by atoms with Gasteiger partial charge < -0.3 is 5.32 Å². The second kappa shape index (κ2) is 6.89. The van der Waals surface area contributed by atoms with Crippen LogP contribution in [-0.4, -0.2) is 59.6 Å². The molecular weight excluding hydrogens is 497 g/mol. The van der Waals surface area contributed by atoms with E-state index in [-0.39, 0.29) is 12.8 Å². The minimum absolute atomic E-state index is 0.198. The number of alkyl halides is 17. The van der Waals surface area contributed by atoms with Gasteiger partial charge in [-0.2, -0.15) is 74.6 Å².